The number of nitrogens with one attached hydrogen (secondary N) is 1. The summed E-state index contributed by atoms with van der Waals surface area (Å²) >= 11 is 0. The molecule has 0 spiro atoms. The molecule has 7 nitrogen and oxygen atoms in total. The van der Waals surface area contributed by atoms with Crippen molar-refractivity contribution in [3.8, 4) is 0 Å². The van der Waals surface area contributed by atoms with Crippen molar-refractivity contribution in [3.05, 3.63) is 35.7 Å². The van der Waals surface area contributed by atoms with Gasteiger partial charge in [-0.2, -0.15) is 18.2 Å². The summed E-state index contributed by atoms with van der Waals surface area (Å²) in [6.45, 7) is 5.12. The first-order valence-corrected chi connectivity index (χ1v) is 10.6. The lowest BCUT2D eigenvalue weighted by Crippen LogP contribution is -2.37. The topological polar surface area (TPSA) is 89.2 Å². The van der Waals surface area contributed by atoms with E-state index in [0.29, 0.717) is 44.6 Å². The van der Waals surface area contributed by atoms with Crippen molar-refractivity contribution < 1.29 is 17.9 Å². The van der Waals surface area contributed by atoms with E-state index in [1.807, 2.05) is 4.90 Å². The molecule has 1 aliphatic heterocycles. The number of hydrogen-bond donors (Lipinski definition) is 2. The van der Waals surface area contributed by atoms with Crippen LogP contribution in [0.2, 0.25) is 0 Å². The predicted molar refractivity (Wildman–Crippen MR) is 114 cm³/mol. The van der Waals surface area contributed by atoms with Crippen LogP contribution in [0.3, 0.4) is 0 Å². The maximum absolute atomic E-state index is 13.1. The SMILES string of the molecule is CCCCC(CCN)c1cc(Nc2cc(C(F)(F)F)ccn2)nc(N2CCOCC2)n1. The molecule has 2 aromatic heterocycles. The summed E-state index contributed by atoms with van der Waals surface area (Å²) in [7, 11) is 0. The molecule has 3 heterocycles. The van der Waals surface area contributed by atoms with E-state index in [-0.39, 0.29) is 11.7 Å². The van der Waals surface area contributed by atoms with Crippen LogP contribution in [0.15, 0.2) is 24.4 Å². The molecule has 3 N–H and O–H groups in total. The summed E-state index contributed by atoms with van der Waals surface area (Å²) in [4.78, 5) is 15.4. The summed E-state index contributed by atoms with van der Waals surface area (Å²) in [5.74, 6) is 1.18. The van der Waals surface area contributed by atoms with E-state index in [0.717, 1.165) is 49.7 Å². The number of anilines is 3. The first-order chi connectivity index (χ1) is 14.9. The van der Waals surface area contributed by atoms with Crippen LogP contribution in [-0.2, 0) is 10.9 Å². The van der Waals surface area contributed by atoms with Crippen molar-refractivity contribution in [2.24, 2.45) is 5.73 Å². The second-order valence-electron chi connectivity index (χ2n) is 7.55. The summed E-state index contributed by atoms with van der Waals surface area (Å²) in [5.41, 5.74) is 5.91. The second kappa shape index (κ2) is 10.7. The first kappa shape index (κ1) is 23.2. The van der Waals surface area contributed by atoms with Crippen molar-refractivity contribution in [2.45, 2.75) is 44.7 Å². The van der Waals surface area contributed by atoms with E-state index >= 15 is 0 Å². The van der Waals surface area contributed by atoms with Crippen molar-refractivity contribution >= 4 is 17.6 Å². The van der Waals surface area contributed by atoms with Crippen LogP contribution in [0.25, 0.3) is 0 Å². The van der Waals surface area contributed by atoms with Gasteiger partial charge in [-0.15, -0.1) is 0 Å². The molecule has 170 valence electrons. The Morgan fingerprint density at radius 2 is 1.94 bits per heavy atom. The molecule has 1 aliphatic rings. The van der Waals surface area contributed by atoms with Crippen LogP contribution >= 0.6 is 0 Å². The highest BCUT2D eigenvalue weighted by Gasteiger charge is 2.30. The van der Waals surface area contributed by atoms with E-state index in [1.165, 1.54) is 0 Å². The van der Waals surface area contributed by atoms with Gasteiger partial charge in [-0.1, -0.05) is 19.8 Å². The Hall–Kier alpha value is -2.46. The summed E-state index contributed by atoms with van der Waals surface area (Å²) in [5, 5.41) is 2.94. The van der Waals surface area contributed by atoms with Gasteiger partial charge in [0.2, 0.25) is 5.95 Å². The average Bonchev–Trinajstić information content (AvgIpc) is 2.76. The monoisotopic (exact) mass is 438 g/mol. The number of rotatable bonds is 9. The third-order valence-corrected chi connectivity index (χ3v) is 5.21. The lowest BCUT2D eigenvalue weighted by molar-refractivity contribution is -0.137. The van der Waals surface area contributed by atoms with Crippen molar-refractivity contribution in [1.82, 2.24) is 15.0 Å². The molecule has 31 heavy (non-hydrogen) atoms. The number of nitrogens with zero attached hydrogens (tertiary/aromatic N) is 4. The Morgan fingerprint density at radius 3 is 2.61 bits per heavy atom. The molecule has 1 saturated heterocycles. The minimum atomic E-state index is -4.44. The molecule has 0 bridgehead atoms. The van der Waals surface area contributed by atoms with Gasteiger partial charge in [0.25, 0.3) is 0 Å². The number of halogens is 3. The normalized spacial score (nSPS) is 15.7. The number of ether oxygens (including phenoxy) is 1. The highest BCUT2D eigenvalue weighted by Crippen LogP contribution is 2.31. The van der Waals surface area contributed by atoms with Crippen molar-refractivity contribution in [1.29, 1.82) is 0 Å². The zero-order valence-corrected chi connectivity index (χ0v) is 17.7. The smallest absolute Gasteiger partial charge is 0.378 e. The van der Waals surface area contributed by atoms with Crippen molar-refractivity contribution in [2.75, 3.05) is 43.1 Å². The van der Waals surface area contributed by atoms with Crippen LogP contribution in [0.1, 0.15) is 49.8 Å². The van der Waals surface area contributed by atoms with Gasteiger partial charge in [-0.3, -0.25) is 0 Å². The molecule has 1 atom stereocenters. The average molecular weight is 438 g/mol. The molecule has 1 fully saturated rings. The number of alkyl halides is 3. The predicted octanol–water partition coefficient (Wildman–Crippen LogP) is 4.09. The van der Waals surface area contributed by atoms with E-state index in [9.17, 15) is 13.2 Å². The minimum absolute atomic E-state index is 0.0799. The van der Waals surface area contributed by atoms with Gasteiger partial charge >= 0.3 is 6.18 Å². The number of aromatic nitrogens is 3. The van der Waals surface area contributed by atoms with Gasteiger partial charge < -0.3 is 20.7 Å². The van der Waals surface area contributed by atoms with E-state index < -0.39 is 11.7 Å². The number of hydrogen-bond acceptors (Lipinski definition) is 7. The number of unbranched alkanes of at least 4 members (excludes halogenated alkanes) is 1. The van der Waals surface area contributed by atoms with Gasteiger partial charge in [0.15, 0.2) is 0 Å². The number of morpholine rings is 1. The van der Waals surface area contributed by atoms with Crippen LogP contribution in [-0.4, -0.2) is 47.8 Å². The number of nitrogens with two attached hydrogens (primary N) is 1. The summed E-state index contributed by atoms with van der Waals surface area (Å²) in [6, 6.07) is 3.71. The Balaban J connectivity index is 1.94. The zero-order valence-electron chi connectivity index (χ0n) is 17.7. The molecule has 0 aromatic carbocycles. The van der Waals surface area contributed by atoms with E-state index in [4.69, 9.17) is 15.5 Å². The fourth-order valence-corrected chi connectivity index (χ4v) is 3.53. The Kier molecular flexibility index (Phi) is 8.03. The van der Waals surface area contributed by atoms with Gasteiger partial charge in [0.05, 0.1) is 24.5 Å². The van der Waals surface area contributed by atoms with Crippen LogP contribution < -0.4 is 16.0 Å². The first-order valence-electron chi connectivity index (χ1n) is 10.6. The highest BCUT2D eigenvalue weighted by molar-refractivity contribution is 5.55. The van der Waals surface area contributed by atoms with Gasteiger partial charge in [-0.25, -0.2) is 9.97 Å². The van der Waals surface area contributed by atoms with Crippen LogP contribution in [0, 0.1) is 0 Å². The standard InChI is InChI=1S/C21H29F3N6O/c1-2-3-4-15(5-7-25)17-14-19(29-20(27-17)30-9-11-31-12-10-30)28-18-13-16(6-8-26-18)21(22,23)24/h6,8,13-15H,2-5,7,9-12,25H2,1H3,(H,26,27,28,29). The Labute approximate surface area is 180 Å². The molecule has 0 radical (unpaired) electrons. The quantitative estimate of drug-likeness (QED) is 0.609. The Morgan fingerprint density at radius 1 is 1.16 bits per heavy atom. The summed E-state index contributed by atoms with van der Waals surface area (Å²) in [6.07, 6.45) is 0.507. The third kappa shape index (κ3) is 6.51. The van der Waals surface area contributed by atoms with E-state index in [2.05, 4.69) is 22.2 Å². The Bertz CT molecular complexity index is 842. The fourth-order valence-electron chi connectivity index (χ4n) is 3.53. The van der Waals surface area contributed by atoms with Crippen LogP contribution in [0.5, 0.6) is 0 Å². The van der Waals surface area contributed by atoms with Crippen LogP contribution in [0.4, 0.5) is 30.8 Å². The van der Waals surface area contributed by atoms with Gasteiger partial charge in [0, 0.05) is 31.3 Å². The fraction of sp³-hybridized carbons (Fsp3) is 0.571. The maximum atomic E-state index is 13.1. The van der Waals surface area contributed by atoms with Crippen molar-refractivity contribution in [3.63, 3.8) is 0 Å². The molecule has 3 rings (SSSR count). The third-order valence-electron chi connectivity index (χ3n) is 5.21. The van der Waals surface area contributed by atoms with Gasteiger partial charge in [0.1, 0.15) is 11.6 Å². The molecule has 10 heteroatoms. The van der Waals surface area contributed by atoms with Gasteiger partial charge in [-0.05, 0) is 31.5 Å². The highest BCUT2D eigenvalue weighted by atomic mass is 19.4. The molecule has 2 aromatic rings. The van der Waals surface area contributed by atoms with E-state index in [1.54, 1.807) is 6.07 Å². The molecule has 0 amide bonds. The molecule has 0 saturated carbocycles. The largest absolute Gasteiger partial charge is 0.416 e. The minimum Gasteiger partial charge on any atom is -0.378 e. The lowest BCUT2D eigenvalue weighted by atomic mass is 9.94. The summed E-state index contributed by atoms with van der Waals surface area (Å²) < 4.78 is 44.6. The number of pyridine rings is 1. The molecule has 0 aliphatic carbocycles. The molecular formula is C21H29F3N6O. The lowest BCUT2D eigenvalue weighted by Gasteiger charge is -2.28. The second-order valence-corrected chi connectivity index (χ2v) is 7.55. The molecular weight excluding hydrogens is 409 g/mol. The zero-order chi connectivity index (χ0) is 22.3. The maximum Gasteiger partial charge on any atom is 0.416 e. The molecule has 1 unspecified atom stereocenters.